The predicted octanol–water partition coefficient (Wildman–Crippen LogP) is 3.05. The summed E-state index contributed by atoms with van der Waals surface area (Å²) in [6, 6.07) is 1.60. The molecule has 1 aromatic rings. The summed E-state index contributed by atoms with van der Waals surface area (Å²) in [6.07, 6.45) is 1.76. The van der Waals surface area contributed by atoms with Gasteiger partial charge in [0.2, 0.25) is 5.91 Å². The molecule has 0 aliphatic carbocycles. The fraction of sp³-hybridized carbons (Fsp3) is 0.400. The van der Waals surface area contributed by atoms with Crippen molar-refractivity contribution < 1.29 is 4.79 Å². The number of halogens is 2. The molecule has 1 unspecified atom stereocenters. The maximum Gasteiger partial charge on any atom is 0.227 e. The molecule has 1 fully saturated rings. The van der Waals surface area contributed by atoms with Gasteiger partial charge in [0.05, 0.1) is 10.7 Å². The number of hydrogen-bond donors (Lipinski definition) is 0. The lowest BCUT2D eigenvalue weighted by molar-refractivity contribution is -0.117. The second-order valence-corrected chi connectivity index (χ2v) is 4.75. The third kappa shape index (κ3) is 2.67. The van der Waals surface area contributed by atoms with Crippen molar-refractivity contribution in [2.45, 2.75) is 6.42 Å². The van der Waals surface area contributed by atoms with Gasteiger partial charge in [-0.3, -0.25) is 4.79 Å². The summed E-state index contributed by atoms with van der Waals surface area (Å²) >= 11 is 11.8. The molecule has 0 N–H and O–H groups in total. The minimum atomic E-state index is -0.0703. The van der Waals surface area contributed by atoms with Crippen LogP contribution in [0.15, 0.2) is 17.4 Å². The number of pyridine rings is 1. The topological polar surface area (TPSA) is 82.0 Å². The quantitative estimate of drug-likeness (QED) is 0.370. The summed E-state index contributed by atoms with van der Waals surface area (Å²) < 4.78 is 0. The molecule has 1 atom stereocenters. The number of amides is 1. The Balaban J connectivity index is 2.21. The molecule has 1 aliphatic rings. The molecule has 1 saturated heterocycles. The van der Waals surface area contributed by atoms with E-state index in [1.54, 1.807) is 6.07 Å². The van der Waals surface area contributed by atoms with Crippen molar-refractivity contribution in [2.75, 3.05) is 18.0 Å². The van der Waals surface area contributed by atoms with Gasteiger partial charge in [0.15, 0.2) is 5.15 Å². The lowest BCUT2D eigenvalue weighted by Crippen LogP contribution is -2.25. The number of carbonyl (C=O) groups is 1. The Hall–Kier alpha value is -1.49. The zero-order chi connectivity index (χ0) is 13.1. The van der Waals surface area contributed by atoms with Crippen LogP contribution >= 0.6 is 23.2 Å². The summed E-state index contributed by atoms with van der Waals surface area (Å²) in [5, 5.41) is 4.13. The molecule has 1 aromatic heterocycles. The number of nitrogens with zero attached hydrogens (tertiary/aromatic N) is 5. The van der Waals surface area contributed by atoms with E-state index in [2.05, 4.69) is 15.0 Å². The first-order valence-corrected chi connectivity index (χ1v) is 5.99. The van der Waals surface area contributed by atoms with E-state index in [4.69, 9.17) is 28.7 Å². The van der Waals surface area contributed by atoms with Crippen molar-refractivity contribution in [1.82, 2.24) is 4.98 Å². The SMILES string of the molecule is [N-]=[N+]=NCC1CC(=O)N(c2cc(Cl)cnc2Cl)C1. The molecule has 0 bridgehead atoms. The van der Waals surface area contributed by atoms with Crippen LogP contribution in [0.25, 0.3) is 10.4 Å². The number of aromatic nitrogens is 1. The highest BCUT2D eigenvalue weighted by Gasteiger charge is 2.31. The molecule has 8 heteroatoms. The van der Waals surface area contributed by atoms with E-state index < -0.39 is 0 Å². The third-order valence-electron chi connectivity index (χ3n) is 2.69. The Labute approximate surface area is 113 Å². The van der Waals surface area contributed by atoms with Gasteiger partial charge in [0.25, 0.3) is 0 Å². The van der Waals surface area contributed by atoms with Crippen molar-refractivity contribution in [3.05, 3.63) is 32.9 Å². The average Bonchev–Trinajstić information content (AvgIpc) is 2.71. The third-order valence-corrected chi connectivity index (χ3v) is 3.18. The Bertz CT molecular complexity index is 529. The Morgan fingerprint density at radius 3 is 3.11 bits per heavy atom. The summed E-state index contributed by atoms with van der Waals surface area (Å²) in [5.41, 5.74) is 8.76. The first kappa shape index (κ1) is 13.0. The minimum Gasteiger partial charge on any atom is -0.309 e. The molecule has 6 nitrogen and oxygen atoms in total. The van der Waals surface area contributed by atoms with Crippen molar-refractivity contribution in [1.29, 1.82) is 0 Å². The monoisotopic (exact) mass is 285 g/mol. The number of hydrogen-bond acceptors (Lipinski definition) is 3. The van der Waals surface area contributed by atoms with Gasteiger partial charge in [-0.25, -0.2) is 4.98 Å². The molecule has 2 rings (SSSR count). The van der Waals surface area contributed by atoms with Crippen LogP contribution in [0.2, 0.25) is 10.2 Å². The lowest BCUT2D eigenvalue weighted by Gasteiger charge is -2.17. The van der Waals surface area contributed by atoms with Gasteiger partial charge in [-0.1, -0.05) is 28.3 Å². The fourth-order valence-corrected chi connectivity index (χ4v) is 2.25. The van der Waals surface area contributed by atoms with E-state index in [9.17, 15) is 4.79 Å². The van der Waals surface area contributed by atoms with Crippen LogP contribution < -0.4 is 4.90 Å². The van der Waals surface area contributed by atoms with Crippen LogP contribution in [0.3, 0.4) is 0 Å². The number of anilines is 1. The van der Waals surface area contributed by atoms with Gasteiger partial charge < -0.3 is 4.90 Å². The number of carbonyl (C=O) groups excluding carboxylic acids is 1. The molecule has 2 heterocycles. The maximum absolute atomic E-state index is 11.9. The zero-order valence-electron chi connectivity index (χ0n) is 9.25. The molecule has 0 spiro atoms. The summed E-state index contributed by atoms with van der Waals surface area (Å²) in [4.78, 5) is 20.0. The summed E-state index contributed by atoms with van der Waals surface area (Å²) in [6.45, 7) is 0.754. The maximum atomic E-state index is 11.9. The van der Waals surface area contributed by atoms with Crippen LogP contribution in [0.5, 0.6) is 0 Å². The molecular weight excluding hydrogens is 277 g/mol. The highest BCUT2D eigenvalue weighted by Crippen LogP contribution is 2.31. The largest absolute Gasteiger partial charge is 0.309 e. The first-order chi connectivity index (χ1) is 8.61. The van der Waals surface area contributed by atoms with Crippen molar-refractivity contribution in [3.63, 3.8) is 0 Å². The second-order valence-electron chi connectivity index (χ2n) is 3.95. The molecule has 0 saturated carbocycles. The Morgan fingerprint density at radius 2 is 2.39 bits per heavy atom. The smallest absolute Gasteiger partial charge is 0.227 e. The lowest BCUT2D eigenvalue weighted by atomic mass is 10.1. The van der Waals surface area contributed by atoms with E-state index in [1.807, 2.05) is 0 Å². The van der Waals surface area contributed by atoms with Gasteiger partial charge in [-0.05, 0) is 17.5 Å². The van der Waals surface area contributed by atoms with E-state index in [1.165, 1.54) is 11.1 Å². The van der Waals surface area contributed by atoms with Gasteiger partial charge in [0, 0.05) is 30.6 Å². The molecule has 0 radical (unpaired) electrons. The van der Waals surface area contributed by atoms with Gasteiger partial charge in [0.1, 0.15) is 0 Å². The van der Waals surface area contributed by atoms with Crippen molar-refractivity contribution in [2.24, 2.45) is 11.0 Å². The highest BCUT2D eigenvalue weighted by atomic mass is 35.5. The molecule has 18 heavy (non-hydrogen) atoms. The molecule has 1 aliphatic heterocycles. The van der Waals surface area contributed by atoms with Crippen molar-refractivity contribution in [3.8, 4) is 0 Å². The van der Waals surface area contributed by atoms with Crippen LogP contribution in [-0.4, -0.2) is 24.0 Å². The van der Waals surface area contributed by atoms with Crippen LogP contribution in [-0.2, 0) is 4.79 Å². The zero-order valence-corrected chi connectivity index (χ0v) is 10.8. The first-order valence-electron chi connectivity index (χ1n) is 5.24. The minimum absolute atomic E-state index is 0.00319. The Morgan fingerprint density at radius 1 is 1.61 bits per heavy atom. The van der Waals surface area contributed by atoms with Crippen LogP contribution in [0.4, 0.5) is 5.69 Å². The van der Waals surface area contributed by atoms with Gasteiger partial charge in [-0.15, -0.1) is 0 Å². The normalized spacial score (nSPS) is 18.9. The number of azide groups is 1. The van der Waals surface area contributed by atoms with Crippen LogP contribution in [0, 0.1) is 5.92 Å². The van der Waals surface area contributed by atoms with E-state index in [-0.39, 0.29) is 17.0 Å². The Kier molecular flexibility index (Phi) is 3.91. The molecular formula is C10H9Cl2N5O. The fourth-order valence-electron chi connectivity index (χ4n) is 1.89. The molecule has 94 valence electrons. The van der Waals surface area contributed by atoms with E-state index >= 15 is 0 Å². The number of rotatable bonds is 3. The second kappa shape index (κ2) is 5.44. The predicted molar refractivity (Wildman–Crippen MR) is 68.7 cm³/mol. The summed E-state index contributed by atoms with van der Waals surface area (Å²) in [7, 11) is 0. The van der Waals surface area contributed by atoms with E-state index in [0.29, 0.717) is 30.2 Å². The molecule has 0 aromatic carbocycles. The highest BCUT2D eigenvalue weighted by molar-refractivity contribution is 6.34. The standard InChI is InChI=1S/C10H9Cl2N5O/c11-7-2-8(10(12)14-4-7)17-5-6(1-9(17)18)3-15-16-13/h2,4,6H,1,3,5H2. The molecule has 1 amide bonds. The summed E-state index contributed by atoms with van der Waals surface area (Å²) in [5.74, 6) is -0.0671. The van der Waals surface area contributed by atoms with E-state index in [0.717, 1.165) is 0 Å². The van der Waals surface area contributed by atoms with Crippen LogP contribution in [0.1, 0.15) is 6.42 Å². The van der Waals surface area contributed by atoms with Crippen molar-refractivity contribution >= 4 is 34.8 Å². The van der Waals surface area contributed by atoms with Gasteiger partial charge >= 0.3 is 0 Å². The average molecular weight is 286 g/mol. The van der Waals surface area contributed by atoms with Gasteiger partial charge in [-0.2, -0.15) is 0 Å².